The van der Waals surface area contributed by atoms with Crippen molar-refractivity contribution in [1.29, 1.82) is 0 Å². The standard InChI is InChI=1S/C24H32N2O4/c1-5-6-15-24(4,29-22(25)27)30-23(28)26(16-20-11-7-18(2)8-12-20)17-21-13-9-19(3)10-14-21/h7-14H,5-6,15-17H2,1-4H3,(H2,25,27)/t24-/m0/s1. The molecular formula is C24H32N2O4. The minimum absolute atomic E-state index is 0.368. The highest BCUT2D eigenvalue weighted by molar-refractivity contribution is 5.69. The maximum absolute atomic E-state index is 13.1. The van der Waals surface area contributed by atoms with Crippen molar-refractivity contribution in [2.45, 2.75) is 65.8 Å². The molecule has 0 bridgehead atoms. The van der Waals surface area contributed by atoms with Crippen LogP contribution in [0.4, 0.5) is 9.59 Å². The van der Waals surface area contributed by atoms with Gasteiger partial charge in [0, 0.05) is 26.4 Å². The molecule has 2 N–H and O–H groups in total. The number of carbonyl (C=O) groups excluding carboxylic acids is 2. The fourth-order valence-corrected chi connectivity index (χ4v) is 3.10. The predicted octanol–water partition coefficient (Wildman–Crippen LogP) is 5.44. The van der Waals surface area contributed by atoms with Gasteiger partial charge in [0.05, 0.1) is 0 Å². The van der Waals surface area contributed by atoms with Crippen LogP contribution in [-0.4, -0.2) is 22.9 Å². The molecule has 2 aromatic carbocycles. The van der Waals surface area contributed by atoms with E-state index in [1.807, 2.05) is 69.3 Å². The molecule has 2 aromatic rings. The SMILES string of the molecule is CCCC[C@@](C)(OC(N)=O)OC(=O)N(Cc1ccc(C)cc1)Cc1ccc(C)cc1. The normalized spacial score (nSPS) is 12.7. The third kappa shape index (κ3) is 7.43. The van der Waals surface area contributed by atoms with Gasteiger partial charge in [-0.2, -0.15) is 0 Å². The number of aryl methyl sites for hydroxylation is 2. The van der Waals surface area contributed by atoms with E-state index in [0.717, 1.165) is 35.1 Å². The molecule has 0 aliphatic carbocycles. The lowest BCUT2D eigenvalue weighted by Gasteiger charge is -2.32. The van der Waals surface area contributed by atoms with Gasteiger partial charge in [-0.3, -0.25) is 4.90 Å². The third-order valence-electron chi connectivity index (χ3n) is 4.85. The van der Waals surface area contributed by atoms with Gasteiger partial charge >= 0.3 is 12.2 Å². The summed E-state index contributed by atoms with van der Waals surface area (Å²) < 4.78 is 10.8. The van der Waals surface area contributed by atoms with Crippen molar-refractivity contribution < 1.29 is 19.1 Å². The van der Waals surface area contributed by atoms with Crippen LogP contribution >= 0.6 is 0 Å². The fraction of sp³-hybridized carbons (Fsp3) is 0.417. The molecule has 30 heavy (non-hydrogen) atoms. The quantitative estimate of drug-likeness (QED) is 0.556. The van der Waals surface area contributed by atoms with Crippen LogP contribution in [0.5, 0.6) is 0 Å². The highest BCUT2D eigenvalue weighted by Gasteiger charge is 2.34. The maximum atomic E-state index is 13.1. The van der Waals surface area contributed by atoms with Gasteiger partial charge < -0.3 is 15.2 Å². The molecule has 162 valence electrons. The minimum atomic E-state index is -1.41. The lowest BCUT2D eigenvalue weighted by Crippen LogP contribution is -2.43. The highest BCUT2D eigenvalue weighted by atomic mass is 16.7. The molecule has 0 saturated heterocycles. The number of nitrogens with two attached hydrogens (primary N) is 1. The molecule has 0 aliphatic rings. The summed E-state index contributed by atoms with van der Waals surface area (Å²) in [7, 11) is 0. The Morgan fingerprint density at radius 3 is 1.77 bits per heavy atom. The monoisotopic (exact) mass is 412 g/mol. The van der Waals surface area contributed by atoms with Crippen LogP contribution < -0.4 is 5.73 Å². The van der Waals surface area contributed by atoms with Crippen LogP contribution in [-0.2, 0) is 22.6 Å². The summed E-state index contributed by atoms with van der Waals surface area (Å²) in [5.74, 6) is -1.41. The third-order valence-corrected chi connectivity index (χ3v) is 4.85. The molecule has 0 fully saturated rings. The van der Waals surface area contributed by atoms with Crippen molar-refractivity contribution in [1.82, 2.24) is 4.90 Å². The van der Waals surface area contributed by atoms with E-state index < -0.39 is 18.0 Å². The van der Waals surface area contributed by atoms with E-state index in [4.69, 9.17) is 15.2 Å². The van der Waals surface area contributed by atoms with Crippen molar-refractivity contribution >= 4 is 12.2 Å². The van der Waals surface area contributed by atoms with Gasteiger partial charge in [-0.25, -0.2) is 9.59 Å². The number of benzene rings is 2. The fourth-order valence-electron chi connectivity index (χ4n) is 3.10. The molecule has 0 aromatic heterocycles. The lowest BCUT2D eigenvalue weighted by molar-refractivity contribution is -0.159. The van der Waals surface area contributed by atoms with Crippen molar-refractivity contribution in [2.24, 2.45) is 5.73 Å². The number of hydrogen-bond acceptors (Lipinski definition) is 4. The molecule has 0 saturated carbocycles. The molecule has 2 amide bonds. The van der Waals surface area contributed by atoms with Crippen molar-refractivity contribution in [2.75, 3.05) is 0 Å². The predicted molar refractivity (Wildman–Crippen MR) is 117 cm³/mol. The number of unbranched alkanes of at least 4 members (excludes halogenated alkanes) is 1. The van der Waals surface area contributed by atoms with E-state index in [-0.39, 0.29) is 0 Å². The minimum Gasteiger partial charge on any atom is -0.407 e. The molecular weight excluding hydrogens is 380 g/mol. The number of primary amides is 1. The van der Waals surface area contributed by atoms with Crippen LogP contribution in [0.3, 0.4) is 0 Å². The van der Waals surface area contributed by atoms with Crippen molar-refractivity contribution in [3.8, 4) is 0 Å². The average molecular weight is 413 g/mol. The Kier molecular flexibility index (Phi) is 8.27. The maximum Gasteiger partial charge on any atom is 0.413 e. The zero-order valence-corrected chi connectivity index (χ0v) is 18.3. The smallest absolute Gasteiger partial charge is 0.407 e. The summed E-state index contributed by atoms with van der Waals surface area (Å²) in [6.07, 6.45) is 0.445. The van der Waals surface area contributed by atoms with Crippen LogP contribution in [0.2, 0.25) is 0 Å². The van der Waals surface area contributed by atoms with Crippen molar-refractivity contribution in [3.63, 3.8) is 0 Å². The lowest BCUT2D eigenvalue weighted by atomic mass is 10.1. The summed E-state index contributed by atoms with van der Waals surface area (Å²) in [5.41, 5.74) is 9.47. The Hall–Kier alpha value is -3.02. The van der Waals surface area contributed by atoms with Gasteiger partial charge in [-0.15, -0.1) is 0 Å². The molecule has 0 radical (unpaired) electrons. The second-order valence-corrected chi connectivity index (χ2v) is 7.85. The Balaban J connectivity index is 2.23. The van der Waals surface area contributed by atoms with E-state index in [1.54, 1.807) is 11.8 Å². The van der Waals surface area contributed by atoms with E-state index in [0.29, 0.717) is 19.5 Å². The van der Waals surface area contributed by atoms with E-state index in [2.05, 4.69) is 0 Å². The number of carbonyl (C=O) groups is 2. The molecule has 0 unspecified atom stereocenters. The molecule has 0 heterocycles. The molecule has 0 spiro atoms. The Labute approximate surface area is 179 Å². The Bertz CT molecular complexity index is 786. The van der Waals surface area contributed by atoms with Crippen LogP contribution in [0.25, 0.3) is 0 Å². The van der Waals surface area contributed by atoms with Gasteiger partial charge in [0.1, 0.15) is 0 Å². The first-order valence-electron chi connectivity index (χ1n) is 10.3. The van der Waals surface area contributed by atoms with E-state index in [9.17, 15) is 9.59 Å². The van der Waals surface area contributed by atoms with Gasteiger partial charge in [0.25, 0.3) is 5.79 Å². The van der Waals surface area contributed by atoms with Crippen molar-refractivity contribution in [3.05, 3.63) is 70.8 Å². The second kappa shape index (κ2) is 10.7. The van der Waals surface area contributed by atoms with Gasteiger partial charge in [0.15, 0.2) is 0 Å². The average Bonchev–Trinajstić information content (AvgIpc) is 2.68. The zero-order valence-electron chi connectivity index (χ0n) is 18.3. The number of amides is 2. The first-order valence-corrected chi connectivity index (χ1v) is 10.3. The zero-order chi connectivity index (χ0) is 22.1. The number of hydrogen-bond donors (Lipinski definition) is 1. The summed E-state index contributed by atoms with van der Waals surface area (Å²) >= 11 is 0. The largest absolute Gasteiger partial charge is 0.413 e. The van der Waals surface area contributed by atoms with E-state index >= 15 is 0 Å². The summed E-state index contributed by atoms with van der Waals surface area (Å²) in [5, 5.41) is 0. The van der Waals surface area contributed by atoms with Crippen LogP contribution in [0.1, 0.15) is 55.4 Å². The van der Waals surface area contributed by atoms with Crippen LogP contribution in [0.15, 0.2) is 48.5 Å². The molecule has 1 atom stereocenters. The molecule has 0 aliphatic heterocycles. The summed E-state index contributed by atoms with van der Waals surface area (Å²) in [4.78, 5) is 26.1. The van der Waals surface area contributed by atoms with E-state index in [1.165, 1.54) is 0 Å². The molecule has 2 rings (SSSR count). The van der Waals surface area contributed by atoms with Crippen LogP contribution in [0, 0.1) is 13.8 Å². The molecule has 6 heteroatoms. The first-order chi connectivity index (χ1) is 14.2. The summed E-state index contributed by atoms with van der Waals surface area (Å²) in [6, 6.07) is 16.0. The number of ether oxygens (including phenoxy) is 2. The van der Waals surface area contributed by atoms with Gasteiger partial charge in [-0.1, -0.05) is 73.0 Å². The second-order valence-electron chi connectivity index (χ2n) is 7.85. The Morgan fingerprint density at radius 1 is 0.900 bits per heavy atom. The van der Waals surface area contributed by atoms with Gasteiger partial charge in [-0.05, 0) is 31.4 Å². The number of nitrogens with zero attached hydrogens (tertiary/aromatic N) is 1. The molecule has 6 nitrogen and oxygen atoms in total. The Morgan fingerprint density at radius 2 is 1.37 bits per heavy atom. The topological polar surface area (TPSA) is 81.9 Å². The highest BCUT2D eigenvalue weighted by Crippen LogP contribution is 2.23. The first kappa shape index (κ1) is 23.3. The summed E-state index contributed by atoms with van der Waals surface area (Å²) in [6.45, 7) is 8.35. The number of rotatable bonds is 9. The van der Waals surface area contributed by atoms with Gasteiger partial charge in [0.2, 0.25) is 0 Å².